The van der Waals surface area contributed by atoms with Gasteiger partial charge < -0.3 is 10.6 Å². The quantitative estimate of drug-likeness (QED) is 0.500. The lowest BCUT2D eigenvalue weighted by Crippen LogP contribution is -2.10. The van der Waals surface area contributed by atoms with Crippen molar-refractivity contribution >= 4 is 38.9 Å². The molecule has 8 nitrogen and oxygen atoms in total. The van der Waals surface area contributed by atoms with E-state index in [9.17, 15) is 18.0 Å². The summed E-state index contributed by atoms with van der Waals surface area (Å²) in [7, 11) is -3.29. The fraction of sp³-hybridized carbons (Fsp3) is 0.217. The van der Waals surface area contributed by atoms with Crippen molar-refractivity contribution in [2.75, 3.05) is 16.9 Å². The summed E-state index contributed by atoms with van der Waals surface area (Å²) in [6.07, 6.45) is 3.31. The third kappa shape index (κ3) is 5.98. The lowest BCUT2D eigenvalue weighted by Gasteiger charge is -2.12. The Bertz CT molecular complexity index is 1260. The first-order chi connectivity index (χ1) is 15.2. The first kappa shape index (κ1) is 23.1. The fourth-order valence-electron chi connectivity index (χ4n) is 3.09. The monoisotopic (exact) mass is 452 g/mol. The van der Waals surface area contributed by atoms with Gasteiger partial charge in [-0.25, -0.2) is 18.4 Å². The number of amides is 1. The number of nitrogens with zero attached hydrogens (tertiary/aromatic N) is 2. The lowest BCUT2D eigenvalue weighted by atomic mass is 10.0. The molecule has 0 aliphatic carbocycles. The number of hydrogen-bond acceptors (Lipinski definition) is 7. The molecule has 1 heterocycles. The number of benzene rings is 2. The van der Waals surface area contributed by atoms with E-state index in [1.807, 2.05) is 6.07 Å². The highest BCUT2D eigenvalue weighted by atomic mass is 32.2. The van der Waals surface area contributed by atoms with Crippen molar-refractivity contribution in [2.24, 2.45) is 0 Å². The number of nitrogens with one attached hydrogen (secondary N) is 2. The molecule has 3 aromatic rings. The summed E-state index contributed by atoms with van der Waals surface area (Å²) in [5, 5.41) is 5.81. The Morgan fingerprint density at radius 1 is 1.03 bits per heavy atom. The van der Waals surface area contributed by atoms with Gasteiger partial charge in [-0.1, -0.05) is 25.1 Å². The summed E-state index contributed by atoms with van der Waals surface area (Å²) in [5.74, 6) is 0.0531. The molecule has 2 aromatic carbocycles. The van der Waals surface area contributed by atoms with Crippen LogP contribution < -0.4 is 10.6 Å². The van der Waals surface area contributed by atoms with Crippen LogP contribution in [-0.4, -0.2) is 36.3 Å². The average Bonchev–Trinajstić information content (AvgIpc) is 2.73. The normalized spacial score (nSPS) is 11.1. The van der Waals surface area contributed by atoms with Gasteiger partial charge in [0.05, 0.1) is 16.2 Å². The molecular formula is C23H24N4O4S. The van der Waals surface area contributed by atoms with Crippen molar-refractivity contribution in [3.05, 3.63) is 71.5 Å². The molecule has 0 saturated carbocycles. The van der Waals surface area contributed by atoms with Crippen molar-refractivity contribution in [2.45, 2.75) is 31.6 Å². The molecule has 0 aliphatic heterocycles. The Kier molecular flexibility index (Phi) is 6.99. The molecule has 2 N–H and O–H groups in total. The largest absolute Gasteiger partial charge is 0.326 e. The van der Waals surface area contributed by atoms with E-state index >= 15 is 0 Å². The van der Waals surface area contributed by atoms with E-state index in [-0.39, 0.29) is 16.6 Å². The molecule has 1 amide bonds. The first-order valence-corrected chi connectivity index (χ1v) is 11.9. The Morgan fingerprint density at radius 3 is 2.34 bits per heavy atom. The van der Waals surface area contributed by atoms with Gasteiger partial charge in [0.1, 0.15) is 0 Å². The van der Waals surface area contributed by atoms with Crippen LogP contribution in [0.4, 0.5) is 17.3 Å². The number of hydrogen-bond donors (Lipinski definition) is 2. The van der Waals surface area contributed by atoms with E-state index in [0.29, 0.717) is 41.4 Å². The highest BCUT2D eigenvalue weighted by Gasteiger charge is 2.15. The number of carbonyl (C=O) groups is 2. The lowest BCUT2D eigenvalue weighted by molar-refractivity contribution is -0.114. The van der Waals surface area contributed by atoms with Gasteiger partial charge in [0.25, 0.3) is 0 Å². The van der Waals surface area contributed by atoms with Crippen LogP contribution in [0, 0.1) is 0 Å². The fourth-order valence-corrected chi connectivity index (χ4v) is 3.72. The van der Waals surface area contributed by atoms with Gasteiger partial charge >= 0.3 is 0 Å². The van der Waals surface area contributed by atoms with Gasteiger partial charge in [0.15, 0.2) is 15.6 Å². The second-order valence-electron chi connectivity index (χ2n) is 7.31. The van der Waals surface area contributed by atoms with Gasteiger partial charge in [-0.2, -0.15) is 0 Å². The molecule has 0 fully saturated rings. The molecule has 0 saturated heterocycles. The van der Waals surface area contributed by atoms with E-state index in [4.69, 9.17) is 0 Å². The van der Waals surface area contributed by atoms with Crippen molar-refractivity contribution < 1.29 is 18.0 Å². The van der Waals surface area contributed by atoms with E-state index in [1.54, 1.807) is 49.4 Å². The van der Waals surface area contributed by atoms with E-state index in [0.717, 1.165) is 11.8 Å². The number of sulfone groups is 1. The molecule has 9 heteroatoms. The van der Waals surface area contributed by atoms with E-state index < -0.39 is 9.84 Å². The molecule has 0 spiro atoms. The maximum atomic E-state index is 12.4. The number of aromatic nitrogens is 2. The smallest absolute Gasteiger partial charge is 0.227 e. The standard InChI is InChI=1S/C23H24N4O4S/c1-4-22(29)20-14-24-23(26-18-7-5-6-17(13-18)25-15(2)28)27-21(20)12-16-8-10-19(11-9-16)32(3,30)31/h5-11,13-14H,4,12H2,1-3H3,(H,25,28)(H,24,26,27). The van der Waals surface area contributed by atoms with Crippen LogP contribution in [0.2, 0.25) is 0 Å². The van der Waals surface area contributed by atoms with Gasteiger partial charge in [-0.15, -0.1) is 0 Å². The third-order valence-electron chi connectivity index (χ3n) is 4.65. The van der Waals surface area contributed by atoms with Crippen LogP contribution in [0.5, 0.6) is 0 Å². The van der Waals surface area contributed by atoms with E-state index in [2.05, 4.69) is 20.6 Å². The Balaban J connectivity index is 1.90. The summed E-state index contributed by atoms with van der Waals surface area (Å²) < 4.78 is 23.4. The van der Waals surface area contributed by atoms with Gasteiger partial charge in [-0.05, 0) is 35.9 Å². The topological polar surface area (TPSA) is 118 Å². The molecule has 0 radical (unpaired) electrons. The zero-order valence-corrected chi connectivity index (χ0v) is 18.9. The van der Waals surface area contributed by atoms with Crippen molar-refractivity contribution in [3.8, 4) is 0 Å². The zero-order valence-electron chi connectivity index (χ0n) is 18.0. The van der Waals surface area contributed by atoms with Crippen molar-refractivity contribution in [3.63, 3.8) is 0 Å². The Hall–Kier alpha value is -3.59. The average molecular weight is 453 g/mol. The highest BCUT2D eigenvalue weighted by Crippen LogP contribution is 2.21. The molecule has 166 valence electrons. The minimum absolute atomic E-state index is 0.0769. The van der Waals surface area contributed by atoms with Crippen LogP contribution in [0.15, 0.2) is 59.6 Å². The summed E-state index contributed by atoms with van der Waals surface area (Å²) in [6.45, 7) is 3.20. The molecule has 0 bridgehead atoms. The SMILES string of the molecule is CCC(=O)c1cnc(Nc2cccc(NC(C)=O)c2)nc1Cc1ccc(S(C)(=O)=O)cc1. The minimum Gasteiger partial charge on any atom is -0.326 e. The number of ketones is 1. The second kappa shape index (κ2) is 9.69. The predicted octanol–water partition coefficient (Wildman–Crippen LogP) is 3.77. The van der Waals surface area contributed by atoms with Crippen molar-refractivity contribution in [1.29, 1.82) is 0 Å². The number of anilines is 3. The zero-order chi connectivity index (χ0) is 23.3. The van der Waals surface area contributed by atoms with E-state index in [1.165, 1.54) is 13.1 Å². The molecule has 1 aromatic heterocycles. The van der Waals surface area contributed by atoms with Crippen LogP contribution in [-0.2, 0) is 21.1 Å². The highest BCUT2D eigenvalue weighted by molar-refractivity contribution is 7.90. The maximum Gasteiger partial charge on any atom is 0.227 e. The molecule has 3 rings (SSSR count). The minimum atomic E-state index is -3.29. The third-order valence-corrected chi connectivity index (χ3v) is 5.78. The van der Waals surface area contributed by atoms with Gasteiger partial charge in [-0.3, -0.25) is 9.59 Å². The molecule has 32 heavy (non-hydrogen) atoms. The summed E-state index contributed by atoms with van der Waals surface area (Å²) in [5.41, 5.74) is 3.09. The number of rotatable bonds is 8. The van der Waals surface area contributed by atoms with Gasteiger partial charge in [0, 0.05) is 43.6 Å². The summed E-state index contributed by atoms with van der Waals surface area (Å²) >= 11 is 0. The van der Waals surface area contributed by atoms with Crippen LogP contribution in [0.1, 0.15) is 41.9 Å². The summed E-state index contributed by atoms with van der Waals surface area (Å²) in [6, 6.07) is 13.6. The predicted molar refractivity (Wildman–Crippen MR) is 123 cm³/mol. The van der Waals surface area contributed by atoms with Crippen LogP contribution >= 0.6 is 0 Å². The van der Waals surface area contributed by atoms with Crippen molar-refractivity contribution in [1.82, 2.24) is 9.97 Å². The summed E-state index contributed by atoms with van der Waals surface area (Å²) in [4.78, 5) is 32.7. The Morgan fingerprint density at radius 2 is 1.72 bits per heavy atom. The van der Waals surface area contributed by atoms with Crippen LogP contribution in [0.25, 0.3) is 0 Å². The second-order valence-corrected chi connectivity index (χ2v) is 9.33. The molecule has 0 unspecified atom stereocenters. The Labute approximate surface area is 187 Å². The molecule has 0 aliphatic rings. The maximum absolute atomic E-state index is 12.4. The van der Waals surface area contributed by atoms with Gasteiger partial charge in [0.2, 0.25) is 11.9 Å². The molecular weight excluding hydrogens is 428 g/mol. The van der Waals surface area contributed by atoms with Crippen LogP contribution in [0.3, 0.4) is 0 Å². The number of carbonyl (C=O) groups excluding carboxylic acids is 2. The molecule has 0 atom stereocenters. The first-order valence-electron chi connectivity index (χ1n) is 9.98. The number of Topliss-reactive ketones (excluding diaryl/α,β-unsaturated/α-hetero) is 1.